The first-order valence-electron chi connectivity index (χ1n) is 6.16. The summed E-state index contributed by atoms with van der Waals surface area (Å²) in [4.78, 5) is 0. The van der Waals surface area contributed by atoms with Gasteiger partial charge in [0.05, 0.1) is 11.3 Å². The molecule has 1 unspecified atom stereocenters. The molecule has 2 rings (SSSR count). The maximum absolute atomic E-state index is 13.7. The summed E-state index contributed by atoms with van der Waals surface area (Å²) in [5, 5.41) is 3.41. The Bertz CT molecular complexity index is 623. The first-order chi connectivity index (χ1) is 9.77. The lowest BCUT2D eigenvalue weighted by Gasteiger charge is -2.17. The Morgan fingerprint density at radius 1 is 1.05 bits per heavy atom. The van der Waals surface area contributed by atoms with Crippen LogP contribution in [0.2, 0.25) is 5.02 Å². The molecule has 6 heteroatoms. The number of rotatable bonds is 3. The van der Waals surface area contributed by atoms with Gasteiger partial charge in [0, 0.05) is 11.1 Å². The maximum Gasteiger partial charge on any atom is 0.416 e. The van der Waals surface area contributed by atoms with Gasteiger partial charge >= 0.3 is 6.18 Å². The molecule has 1 N–H and O–H groups in total. The highest BCUT2D eigenvalue weighted by Crippen LogP contribution is 2.32. The monoisotopic (exact) mass is 317 g/mol. The van der Waals surface area contributed by atoms with Gasteiger partial charge in [-0.15, -0.1) is 0 Å². The summed E-state index contributed by atoms with van der Waals surface area (Å²) >= 11 is 5.77. The van der Waals surface area contributed by atoms with Crippen molar-refractivity contribution in [2.75, 3.05) is 5.32 Å². The van der Waals surface area contributed by atoms with E-state index < -0.39 is 17.6 Å². The van der Waals surface area contributed by atoms with Crippen LogP contribution in [0.3, 0.4) is 0 Å². The fourth-order valence-electron chi connectivity index (χ4n) is 1.88. The molecule has 1 atom stereocenters. The van der Waals surface area contributed by atoms with E-state index in [9.17, 15) is 17.6 Å². The lowest BCUT2D eigenvalue weighted by atomic mass is 10.1. The van der Waals surface area contributed by atoms with Crippen molar-refractivity contribution >= 4 is 17.3 Å². The second kappa shape index (κ2) is 5.93. The Morgan fingerprint density at radius 2 is 1.67 bits per heavy atom. The van der Waals surface area contributed by atoms with Crippen LogP contribution in [0, 0.1) is 5.82 Å². The zero-order chi connectivity index (χ0) is 15.6. The van der Waals surface area contributed by atoms with Gasteiger partial charge in [-0.3, -0.25) is 0 Å². The second-order valence-electron chi connectivity index (χ2n) is 4.61. The van der Waals surface area contributed by atoms with E-state index in [-0.39, 0.29) is 11.7 Å². The number of halogens is 5. The van der Waals surface area contributed by atoms with E-state index in [0.717, 1.165) is 17.7 Å². The van der Waals surface area contributed by atoms with Gasteiger partial charge in [-0.25, -0.2) is 4.39 Å². The molecule has 0 aliphatic carbocycles. The van der Waals surface area contributed by atoms with Crippen molar-refractivity contribution in [3.8, 4) is 0 Å². The van der Waals surface area contributed by atoms with E-state index in [0.29, 0.717) is 11.1 Å². The maximum atomic E-state index is 13.7. The molecule has 0 aromatic heterocycles. The van der Waals surface area contributed by atoms with E-state index in [1.165, 1.54) is 0 Å². The van der Waals surface area contributed by atoms with E-state index in [1.807, 2.05) is 0 Å². The normalized spacial score (nSPS) is 13.0. The van der Waals surface area contributed by atoms with Crippen LogP contribution in [0.25, 0.3) is 0 Å². The van der Waals surface area contributed by atoms with Crippen LogP contribution in [0.5, 0.6) is 0 Å². The predicted octanol–water partition coefficient (Wildman–Crippen LogP) is 5.67. The molecule has 0 radical (unpaired) electrons. The van der Waals surface area contributed by atoms with Crippen molar-refractivity contribution in [2.24, 2.45) is 0 Å². The minimum atomic E-state index is -4.55. The van der Waals surface area contributed by atoms with Crippen molar-refractivity contribution in [2.45, 2.75) is 19.1 Å². The largest absolute Gasteiger partial charge is 0.416 e. The summed E-state index contributed by atoms with van der Waals surface area (Å²) < 4.78 is 51.1. The standard InChI is InChI=1S/C15H12ClF4N/c1-9(10-2-5-12(16)6-3-10)21-14-7-4-11(8-13(14)17)15(18,19)20/h2-9,21H,1H3. The van der Waals surface area contributed by atoms with Crippen molar-refractivity contribution in [3.05, 3.63) is 64.4 Å². The second-order valence-corrected chi connectivity index (χ2v) is 5.05. The van der Waals surface area contributed by atoms with Crippen molar-refractivity contribution in [1.82, 2.24) is 0 Å². The van der Waals surface area contributed by atoms with Crippen LogP contribution in [0.1, 0.15) is 24.1 Å². The van der Waals surface area contributed by atoms with Crippen LogP contribution in [-0.4, -0.2) is 0 Å². The van der Waals surface area contributed by atoms with Gasteiger partial charge in [0.25, 0.3) is 0 Å². The molecule has 0 spiro atoms. The number of benzene rings is 2. The van der Waals surface area contributed by atoms with E-state index in [4.69, 9.17) is 11.6 Å². The summed E-state index contributed by atoms with van der Waals surface area (Å²) in [5.41, 5.74) is -0.145. The highest BCUT2D eigenvalue weighted by Gasteiger charge is 2.31. The molecule has 0 aliphatic rings. The predicted molar refractivity (Wildman–Crippen MR) is 74.9 cm³/mol. The van der Waals surface area contributed by atoms with Crippen LogP contribution >= 0.6 is 11.6 Å². The molecule has 0 amide bonds. The third kappa shape index (κ3) is 3.88. The fourth-order valence-corrected chi connectivity index (χ4v) is 2.00. The average Bonchev–Trinajstić information content (AvgIpc) is 2.40. The summed E-state index contributed by atoms with van der Waals surface area (Å²) in [5.74, 6) is -0.939. The molecule has 0 fully saturated rings. The van der Waals surface area contributed by atoms with Crippen molar-refractivity contribution in [3.63, 3.8) is 0 Å². The van der Waals surface area contributed by atoms with Crippen LogP contribution < -0.4 is 5.32 Å². The molecule has 0 heterocycles. The number of nitrogens with one attached hydrogen (secondary N) is 1. The quantitative estimate of drug-likeness (QED) is 0.719. The summed E-state index contributed by atoms with van der Waals surface area (Å²) in [6, 6.07) is 9.07. The highest BCUT2D eigenvalue weighted by atomic mass is 35.5. The van der Waals surface area contributed by atoms with Gasteiger partial charge in [0.2, 0.25) is 0 Å². The molecule has 21 heavy (non-hydrogen) atoms. The number of hydrogen-bond donors (Lipinski definition) is 1. The van der Waals surface area contributed by atoms with Crippen LogP contribution in [0.4, 0.5) is 23.2 Å². The number of hydrogen-bond acceptors (Lipinski definition) is 1. The van der Waals surface area contributed by atoms with Gasteiger partial charge in [0.15, 0.2) is 0 Å². The van der Waals surface area contributed by atoms with Crippen molar-refractivity contribution < 1.29 is 17.6 Å². The molecule has 2 aromatic rings. The Morgan fingerprint density at radius 3 is 2.19 bits per heavy atom. The smallest absolute Gasteiger partial charge is 0.376 e. The van der Waals surface area contributed by atoms with Gasteiger partial charge in [0.1, 0.15) is 5.82 Å². The molecule has 112 valence electrons. The zero-order valence-corrected chi connectivity index (χ0v) is 11.8. The van der Waals surface area contributed by atoms with Crippen LogP contribution in [-0.2, 0) is 6.18 Å². The minimum Gasteiger partial charge on any atom is -0.376 e. The van der Waals surface area contributed by atoms with Gasteiger partial charge in [-0.1, -0.05) is 23.7 Å². The third-order valence-electron chi connectivity index (χ3n) is 3.04. The third-order valence-corrected chi connectivity index (χ3v) is 3.29. The lowest BCUT2D eigenvalue weighted by Crippen LogP contribution is -2.10. The first-order valence-corrected chi connectivity index (χ1v) is 6.54. The van der Waals surface area contributed by atoms with E-state index in [2.05, 4.69) is 5.32 Å². The lowest BCUT2D eigenvalue weighted by molar-refractivity contribution is -0.137. The van der Waals surface area contributed by atoms with Crippen molar-refractivity contribution in [1.29, 1.82) is 0 Å². The topological polar surface area (TPSA) is 12.0 Å². The summed E-state index contributed by atoms with van der Waals surface area (Å²) in [7, 11) is 0. The van der Waals surface area contributed by atoms with Crippen LogP contribution in [0.15, 0.2) is 42.5 Å². The Labute approximate surface area is 124 Å². The molecule has 0 aliphatic heterocycles. The van der Waals surface area contributed by atoms with Gasteiger partial charge in [-0.05, 0) is 42.8 Å². The van der Waals surface area contributed by atoms with Gasteiger partial charge < -0.3 is 5.32 Å². The zero-order valence-electron chi connectivity index (χ0n) is 11.0. The molecule has 2 aromatic carbocycles. The molecule has 0 saturated carbocycles. The Kier molecular flexibility index (Phi) is 4.42. The number of anilines is 1. The molecular formula is C15H12ClF4N. The molecule has 1 nitrogen and oxygen atoms in total. The average molecular weight is 318 g/mol. The molecular weight excluding hydrogens is 306 g/mol. The highest BCUT2D eigenvalue weighted by molar-refractivity contribution is 6.30. The first kappa shape index (κ1) is 15.6. The van der Waals surface area contributed by atoms with Gasteiger partial charge in [-0.2, -0.15) is 13.2 Å². The minimum absolute atomic E-state index is 0.0189. The SMILES string of the molecule is CC(Nc1ccc(C(F)(F)F)cc1F)c1ccc(Cl)cc1. The Hall–Kier alpha value is -1.75. The van der Waals surface area contributed by atoms with E-state index >= 15 is 0 Å². The Balaban J connectivity index is 2.18. The molecule has 0 bridgehead atoms. The summed E-state index contributed by atoms with van der Waals surface area (Å²) in [6.45, 7) is 1.78. The van der Waals surface area contributed by atoms with E-state index in [1.54, 1.807) is 31.2 Å². The fraction of sp³-hybridized carbons (Fsp3) is 0.200. The molecule has 0 saturated heterocycles. The number of alkyl halides is 3. The summed E-state index contributed by atoms with van der Waals surface area (Å²) in [6.07, 6.45) is -4.55.